The van der Waals surface area contributed by atoms with Gasteiger partial charge in [0.2, 0.25) is 15.9 Å². The molecule has 2 aromatic heterocycles. The molecule has 0 saturated carbocycles. The summed E-state index contributed by atoms with van der Waals surface area (Å²) in [6, 6.07) is 16.1. The highest BCUT2D eigenvalue weighted by atomic mass is 32.2. The highest BCUT2D eigenvalue weighted by Gasteiger charge is 2.21. The summed E-state index contributed by atoms with van der Waals surface area (Å²) in [5.41, 5.74) is 3.35. The van der Waals surface area contributed by atoms with Crippen LogP contribution in [0.5, 0.6) is 0 Å². The Morgan fingerprint density at radius 2 is 1.78 bits per heavy atom. The van der Waals surface area contributed by atoms with Gasteiger partial charge in [-0.1, -0.05) is 30.0 Å². The molecule has 4 aromatic rings. The number of nitrogens with one attached hydrogen (secondary N) is 1. The van der Waals surface area contributed by atoms with Crippen LogP contribution in [0.1, 0.15) is 12.5 Å². The molecule has 32 heavy (non-hydrogen) atoms. The van der Waals surface area contributed by atoms with Crippen LogP contribution in [0.2, 0.25) is 0 Å². The average Bonchev–Trinajstić information content (AvgIpc) is 3.16. The van der Waals surface area contributed by atoms with Crippen molar-refractivity contribution in [2.45, 2.75) is 29.1 Å². The lowest BCUT2D eigenvalue weighted by Crippen LogP contribution is -2.23. The predicted octanol–water partition coefficient (Wildman–Crippen LogP) is 3.56. The molecule has 0 bridgehead atoms. The first-order valence-electron chi connectivity index (χ1n) is 9.92. The minimum atomic E-state index is -3.52. The number of nitrogens with zero attached hydrogens (tertiary/aromatic N) is 4. The van der Waals surface area contributed by atoms with Crippen molar-refractivity contribution in [1.82, 2.24) is 18.9 Å². The standard InChI is InChI=1S/C22H23N5O3S2/c1-14-13-20-24-25-22(27(20)19-8-6-5-7-18(14)19)31-15(2)21(28)23-16-9-11-17(12-10-16)32(29,30)26(3)4/h5-13,15H,1-4H3,(H,23,28). The number of carbonyl (C=O) groups excluding carboxylic acids is 1. The summed E-state index contributed by atoms with van der Waals surface area (Å²) in [5, 5.41) is 12.7. The highest BCUT2D eigenvalue weighted by molar-refractivity contribution is 8.00. The Hall–Kier alpha value is -2.95. The maximum absolute atomic E-state index is 12.8. The SMILES string of the molecule is Cc1cc2nnc(SC(C)C(=O)Nc3ccc(S(=O)(=O)N(C)C)cc3)n2c2ccccc12. The van der Waals surface area contributed by atoms with E-state index in [9.17, 15) is 13.2 Å². The van der Waals surface area contributed by atoms with Crippen LogP contribution in [0.4, 0.5) is 5.69 Å². The second-order valence-corrected chi connectivity index (χ2v) is 11.0. The Morgan fingerprint density at radius 3 is 2.47 bits per heavy atom. The molecule has 0 aliphatic heterocycles. The van der Waals surface area contributed by atoms with Crippen LogP contribution in [0.15, 0.2) is 64.6 Å². The molecular weight excluding hydrogens is 446 g/mol. The number of fused-ring (bicyclic) bond motifs is 3. The number of rotatable bonds is 6. The number of pyridine rings is 1. The van der Waals surface area contributed by atoms with E-state index >= 15 is 0 Å². The molecule has 1 atom stereocenters. The minimum absolute atomic E-state index is 0.167. The molecule has 0 aliphatic carbocycles. The molecule has 0 spiro atoms. The van der Waals surface area contributed by atoms with Crippen molar-refractivity contribution in [2.24, 2.45) is 0 Å². The molecule has 0 fully saturated rings. The molecule has 8 nitrogen and oxygen atoms in total. The lowest BCUT2D eigenvalue weighted by atomic mass is 10.1. The molecule has 0 saturated heterocycles. The third-order valence-electron chi connectivity index (χ3n) is 5.13. The van der Waals surface area contributed by atoms with Gasteiger partial charge in [0.1, 0.15) is 0 Å². The molecule has 1 unspecified atom stereocenters. The van der Waals surface area contributed by atoms with Crippen LogP contribution < -0.4 is 5.32 Å². The van der Waals surface area contributed by atoms with Gasteiger partial charge in [-0.3, -0.25) is 9.20 Å². The van der Waals surface area contributed by atoms with Gasteiger partial charge in [-0.05, 0) is 55.8 Å². The van der Waals surface area contributed by atoms with E-state index in [4.69, 9.17) is 0 Å². The molecule has 0 radical (unpaired) electrons. The van der Waals surface area contributed by atoms with Crippen LogP contribution in [0.25, 0.3) is 16.6 Å². The van der Waals surface area contributed by atoms with Crippen molar-refractivity contribution in [1.29, 1.82) is 0 Å². The zero-order valence-corrected chi connectivity index (χ0v) is 19.7. The molecule has 10 heteroatoms. The van der Waals surface area contributed by atoms with E-state index in [1.54, 1.807) is 19.1 Å². The van der Waals surface area contributed by atoms with E-state index in [0.717, 1.165) is 26.4 Å². The second kappa shape index (κ2) is 8.53. The van der Waals surface area contributed by atoms with E-state index in [2.05, 4.69) is 21.6 Å². The monoisotopic (exact) mass is 469 g/mol. The van der Waals surface area contributed by atoms with Gasteiger partial charge in [-0.15, -0.1) is 10.2 Å². The summed E-state index contributed by atoms with van der Waals surface area (Å²) < 4.78 is 27.5. The Labute approximate surface area is 190 Å². The van der Waals surface area contributed by atoms with Gasteiger partial charge < -0.3 is 5.32 Å². The van der Waals surface area contributed by atoms with Gasteiger partial charge >= 0.3 is 0 Å². The van der Waals surface area contributed by atoms with Crippen LogP contribution >= 0.6 is 11.8 Å². The van der Waals surface area contributed by atoms with Crippen LogP contribution in [-0.4, -0.2) is 52.6 Å². The number of aromatic nitrogens is 3. The number of carbonyl (C=O) groups is 1. The van der Waals surface area contributed by atoms with Gasteiger partial charge in [-0.2, -0.15) is 0 Å². The van der Waals surface area contributed by atoms with E-state index in [1.165, 1.54) is 38.0 Å². The van der Waals surface area contributed by atoms with Gasteiger partial charge in [0.25, 0.3) is 0 Å². The summed E-state index contributed by atoms with van der Waals surface area (Å²) in [5.74, 6) is -0.216. The summed E-state index contributed by atoms with van der Waals surface area (Å²) in [4.78, 5) is 12.9. The van der Waals surface area contributed by atoms with Crippen LogP contribution in [-0.2, 0) is 14.8 Å². The number of amides is 1. The number of aryl methyl sites for hydroxylation is 1. The lowest BCUT2D eigenvalue weighted by molar-refractivity contribution is -0.115. The Balaban J connectivity index is 1.54. The quantitative estimate of drug-likeness (QED) is 0.434. The van der Waals surface area contributed by atoms with E-state index in [-0.39, 0.29) is 10.8 Å². The van der Waals surface area contributed by atoms with E-state index in [0.29, 0.717) is 10.8 Å². The van der Waals surface area contributed by atoms with Crippen molar-refractivity contribution in [3.05, 3.63) is 60.2 Å². The Kier molecular flexibility index (Phi) is 5.93. The molecule has 1 amide bonds. The summed E-state index contributed by atoms with van der Waals surface area (Å²) in [6.45, 7) is 3.83. The smallest absolute Gasteiger partial charge is 0.242 e. The fourth-order valence-corrected chi connectivity index (χ4v) is 5.10. The number of sulfonamides is 1. The van der Waals surface area contributed by atoms with Gasteiger partial charge in [0, 0.05) is 25.2 Å². The third kappa shape index (κ3) is 4.08. The number of anilines is 1. The van der Waals surface area contributed by atoms with E-state index in [1.807, 2.05) is 35.6 Å². The number of thioether (sulfide) groups is 1. The molecule has 2 aromatic carbocycles. The van der Waals surface area contributed by atoms with Crippen molar-refractivity contribution in [2.75, 3.05) is 19.4 Å². The topological polar surface area (TPSA) is 96.7 Å². The average molecular weight is 470 g/mol. The highest BCUT2D eigenvalue weighted by Crippen LogP contribution is 2.28. The lowest BCUT2D eigenvalue weighted by Gasteiger charge is -2.14. The van der Waals surface area contributed by atoms with Crippen LogP contribution in [0, 0.1) is 6.92 Å². The minimum Gasteiger partial charge on any atom is -0.325 e. The van der Waals surface area contributed by atoms with Crippen molar-refractivity contribution in [3.8, 4) is 0 Å². The van der Waals surface area contributed by atoms with E-state index < -0.39 is 15.3 Å². The first-order valence-corrected chi connectivity index (χ1v) is 12.2. The summed E-state index contributed by atoms with van der Waals surface area (Å²) >= 11 is 1.31. The Morgan fingerprint density at radius 1 is 1.09 bits per heavy atom. The molecular formula is C22H23N5O3S2. The van der Waals surface area contributed by atoms with Crippen molar-refractivity contribution in [3.63, 3.8) is 0 Å². The molecule has 2 heterocycles. The van der Waals surface area contributed by atoms with Crippen molar-refractivity contribution < 1.29 is 13.2 Å². The largest absolute Gasteiger partial charge is 0.325 e. The fourth-order valence-electron chi connectivity index (χ4n) is 3.33. The van der Waals surface area contributed by atoms with Gasteiger partial charge in [0.15, 0.2) is 10.8 Å². The summed E-state index contributed by atoms with van der Waals surface area (Å²) in [6.07, 6.45) is 0. The third-order valence-corrected chi connectivity index (χ3v) is 8.00. The summed E-state index contributed by atoms with van der Waals surface area (Å²) in [7, 11) is -0.566. The van der Waals surface area contributed by atoms with Gasteiger partial charge in [-0.25, -0.2) is 12.7 Å². The predicted molar refractivity (Wildman–Crippen MR) is 126 cm³/mol. The van der Waals surface area contributed by atoms with Crippen molar-refractivity contribution >= 4 is 49.9 Å². The number of benzene rings is 2. The number of hydrogen-bond acceptors (Lipinski definition) is 6. The number of hydrogen-bond donors (Lipinski definition) is 1. The van der Waals surface area contributed by atoms with Gasteiger partial charge in [0.05, 0.1) is 15.7 Å². The first kappa shape index (κ1) is 22.3. The zero-order valence-electron chi connectivity index (χ0n) is 18.1. The first-order chi connectivity index (χ1) is 15.2. The molecule has 4 rings (SSSR count). The molecule has 166 valence electrons. The maximum atomic E-state index is 12.8. The fraction of sp³-hybridized carbons (Fsp3) is 0.227. The number of para-hydroxylation sites is 1. The molecule has 1 N–H and O–H groups in total. The second-order valence-electron chi connectivity index (χ2n) is 7.58. The van der Waals surface area contributed by atoms with Crippen LogP contribution in [0.3, 0.4) is 0 Å². The Bertz CT molecular complexity index is 1410. The molecule has 0 aliphatic rings. The maximum Gasteiger partial charge on any atom is 0.242 e. The normalized spacial score (nSPS) is 13.0. The zero-order chi connectivity index (χ0) is 23.0.